The summed E-state index contributed by atoms with van der Waals surface area (Å²) < 4.78 is 15.7. The lowest BCUT2D eigenvalue weighted by atomic mass is 10.2. The molecule has 7 nitrogen and oxygen atoms in total. The van der Waals surface area contributed by atoms with E-state index < -0.39 is 6.10 Å². The molecule has 2 amide bonds. The molecule has 0 spiro atoms. The summed E-state index contributed by atoms with van der Waals surface area (Å²) in [6.07, 6.45) is -1.08. The quantitative estimate of drug-likeness (QED) is 0.861. The summed E-state index contributed by atoms with van der Waals surface area (Å²) in [5.41, 5.74) is 1.26. The second-order valence-electron chi connectivity index (χ2n) is 5.74. The Morgan fingerprint density at radius 3 is 2.58 bits per heavy atom. The van der Waals surface area contributed by atoms with Crippen LogP contribution in [0.25, 0.3) is 0 Å². The SMILES string of the molecule is COc1ccc(OC(C)C(=O)Nc2cccc(N3CCOC3=O)c2)cc1. The number of amides is 2. The Morgan fingerprint density at radius 1 is 1.19 bits per heavy atom. The molecule has 0 aromatic heterocycles. The molecule has 1 saturated heterocycles. The topological polar surface area (TPSA) is 77.1 Å². The van der Waals surface area contributed by atoms with E-state index in [0.29, 0.717) is 36.0 Å². The van der Waals surface area contributed by atoms with Crippen LogP contribution in [0.2, 0.25) is 0 Å². The van der Waals surface area contributed by atoms with Crippen LogP contribution in [-0.4, -0.2) is 38.4 Å². The number of rotatable bonds is 6. The van der Waals surface area contributed by atoms with Gasteiger partial charge in [0.15, 0.2) is 6.10 Å². The lowest BCUT2D eigenvalue weighted by Crippen LogP contribution is -2.30. The van der Waals surface area contributed by atoms with Gasteiger partial charge in [-0.3, -0.25) is 9.69 Å². The maximum atomic E-state index is 12.4. The van der Waals surface area contributed by atoms with Gasteiger partial charge in [-0.15, -0.1) is 0 Å². The van der Waals surface area contributed by atoms with Gasteiger partial charge < -0.3 is 19.5 Å². The Bertz CT molecular complexity index is 791. The molecule has 7 heteroatoms. The molecule has 26 heavy (non-hydrogen) atoms. The van der Waals surface area contributed by atoms with Gasteiger partial charge >= 0.3 is 6.09 Å². The van der Waals surface area contributed by atoms with E-state index in [-0.39, 0.29) is 12.0 Å². The van der Waals surface area contributed by atoms with E-state index in [1.807, 2.05) is 0 Å². The third kappa shape index (κ3) is 4.05. The lowest BCUT2D eigenvalue weighted by Gasteiger charge is -2.17. The van der Waals surface area contributed by atoms with Crippen LogP contribution in [0.5, 0.6) is 11.5 Å². The molecule has 1 aliphatic rings. The highest BCUT2D eigenvalue weighted by Gasteiger charge is 2.24. The third-order valence-corrected chi connectivity index (χ3v) is 3.93. The number of carbonyl (C=O) groups excluding carboxylic acids is 2. The van der Waals surface area contributed by atoms with Crippen LogP contribution in [0.1, 0.15) is 6.92 Å². The molecule has 2 aromatic rings. The molecule has 1 heterocycles. The number of anilines is 2. The van der Waals surface area contributed by atoms with Crippen LogP contribution in [0, 0.1) is 0 Å². The summed E-state index contributed by atoms with van der Waals surface area (Å²) in [5.74, 6) is 0.996. The van der Waals surface area contributed by atoms with E-state index in [2.05, 4.69) is 5.32 Å². The summed E-state index contributed by atoms with van der Waals surface area (Å²) in [4.78, 5) is 25.5. The van der Waals surface area contributed by atoms with Crippen LogP contribution in [0.4, 0.5) is 16.2 Å². The van der Waals surface area contributed by atoms with Gasteiger partial charge in [0.05, 0.1) is 13.7 Å². The Kier molecular flexibility index (Phi) is 5.26. The molecule has 0 radical (unpaired) electrons. The average molecular weight is 356 g/mol. The molecule has 1 atom stereocenters. The van der Waals surface area contributed by atoms with Gasteiger partial charge in [-0.25, -0.2) is 4.79 Å². The fraction of sp³-hybridized carbons (Fsp3) is 0.263. The van der Waals surface area contributed by atoms with Gasteiger partial charge in [0.2, 0.25) is 0 Å². The van der Waals surface area contributed by atoms with E-state index in [0.717, 1.165) is 0 Å². The van der Waals surface area contributed by atoms with Crippen molar-refractivity contribution >= 4 is 23.4 Å². The lowest BCUT2D eigenvalue weighted by molar-refractivity contribution is -0.122. The number of methoxy groups -OCH3 is 1. The molecular formula is C19H20N2O5. The van der Waals surface area contributed by atoms with Gasteiger partial charge in [-0.05, 0) is 49.4 Å². The second kappa shape index (κ2) is 7.77. The first-order valence-electron chi connectivity index (χ1n) is 8.23. The van der Waals surface area contributed by atoms with Gasteiger partial charge in [-0.2, -0.15) is 0 Å². The van der Waals surface area contributed by atoms with E-state index in [4.69, 9.17) is 14.2 Å². The molecule has 0 aliphatic carbocycles. The van der Waals surface area contributed by atoms with Crippen molar-refractivity contribution in [2.75, 3.05) is 30.5 Å². The molecule has 3 rings (SSSR count). The fourth-order valence-electron chi connectivity index (χ4n) is 2.54. The average Bonchev–Trinajstić information content (AvgIpc) is 3.08. The molecule has 2 aromatic carbocycles. The standard InChI is InChI=1S/C19H20N2O5/c1-13(26-17-8-6-16(24-2)7-9-17)18(22)20-14-4-3-5-15(12-14)21-10-11-25-19(21)23/h3-9,12-13H,10-11H2,1-2H3,(H,20,22). The van der Waals surface area contributed by atoms with Crippen molar-refractivity contribution in [2.24, 2.45) is 0 Å². The van der Waals surface area contributed by atoms with Crippen molar-refractivity contribution in [3.05, 3.63) is 48.5 Å². The van der Waals surface area contributed by atoms with Crippen molar-refractivity contribution in [1.82, 2.24) is 0 Å². The smallest absolute Gasteiger partial charge is 0.414 e. The Balaban J connectivity index is 1.62. The highest BCUT2D eigenvalue weighted by atomic mass is 16.6. The number of cyclic esters (lactones) is 1. The fourth-order valence-corrected chi connectivity index (χ4v) is 2.54. The Morgan fingerprint density at radius 2 is 1.92 bits per heavy atom. The maximum Gasteiger partial charge on any atom is 0.414 e. The minimum Gasteiger partial charge on any atom is -0.497 e. The van der Waals surface area contributed by atoms with Crippen molar-refractivity contribution in [3.63, 3.8) is 0 Å². The number of nitrogens with one attached hydrogen (secondary N) is 1. The van der Waals surface area contributed by atoms with E-state index in [9.17, 15) is 9.59 Å². The van der Waals surface area contributed by atoms with E-state index >= 15 is 0 Å². The second-order valence-corrected chi connectivity index (χ2v) is 5.74. The number of hydrogen-bond acceptors (Lipinski definition) is 5. The summed E-state index contributed by atoms with van der Waals surface area (Å²) in [5, 5.41) is 2.80. The van der Waals surface area contributed by atoms with Crippen molar-refractivity contribution in [3.8, 4) is 11.5 Å². The summed E-state index contributed by atoms with van der Waals surface area (Å²) in [6, 6.07) is 14.0. The predicted octanol–water partition coefficient (Wildman–Crippen LogP) is 3.06. The monoisotopic (exact) mass is 356 g/mol. The molecule has 1 unspecified atom stereocenters. The molecular weight excluding hydrogens is 336 g/mol. The molecule has 1 N–H and O–H groups in total. The number of ether oxygens (including phenoxy) is 3. The van der Waals surface area contributed by atoms with Crippen molar-refractivity contribution in [1.29, 1.82) is 0 Å². The molecule has 0 bridgehead atoms. The first-order valence-corrected chi connectivity index (χ1v) is 8.23. The summed E-state index contributed by atoms with van der Waals surface area (Å²) >= 11 is 0. The molecule has 0 saturated carbocycles. The van der Waals surface area contributed by atoms with Crippen molar-refractivity contribution < 1.29 is 23.8 Å². The van der Waals surface area contributed by atoms with Gasteiger partial charge in [0.25, 0.3) is 5.91 Å². The van der Waals surface area contributed by atoms with Gasteiger partial charge in [0, 0.05) is 11.4 Å². The van der Waals surface area contributed by atoms with Gasteiger partial charge in [-0.1, -0.05) is 6.07 Å². The van der Waals surface area contributed by atoms with Crippen LogP contribution >= 0.6 is 0 Å². The zero-order chi connectivity index (χ0) is 18.5. The maximum absolute atomic E-state index is 12.4. The highest BCUT2D eigenvalue weighted by molar-refractivity contribution is 5.95. The zero-order valence-corrected chi connectivity index (χ0v) is 14.6. The molecule has 136 valence electrons. The third-order valence-electron chi connectivity index (χ3n) is 3.93. The number of benzene rings is 2. The van der Waals surface area contributed by atoms with Crippen LogP contribution in [0.3, 0.4) is 0 Å². The largest absolute Gasteiger partial charge is 0.497 e. The number of hydrogen-bond donors (Lipinski definition) is 1. The Hall–Kier alpha value is -3.22. The van der Waals surface area contributed by atoms with Crippen molar-refractivity contribution in [2.45, 2.75) is 13.0 Å². The first kappa shape index (κ1) is 17.6. The zero-order valence-electron chi connectivity index (χ0n) is 14.6. The van der Waals surface area contributed by atoms with E-state index in [1.54, 1.807) is 62.6 Å². The number of carbonyl (C=O) groups is 2. The van der Waals surface area contributed by atoms with Crippen LogP contribution in [-0.2, 0) is 9.53 Å². The minimum absolute atomic E-state index is 0.290. The van der Waals surface area contributed by atoms with Gasteiger partial charge in [0.1, 0.15) is 18.1 Å². The minimum atomic E-state index is -0.691. The van der Waals surface area contributed by atoms with Crippen LogP contribution < -0.4 is 19.7 Å². The molecule has 1 aliphatic heterocycles. The predicted molar refractivity (Wildman–Crippen MR) is 96.8 cm³/mol. The summed E-state index contributed by atoms with van der Waals surface area (Å²) in [7, 11) is 1.59. The normalized spacial score (nSPS) is 14.5. The first-order chi connectivity index (χ1) is 12.6. The molecule has 1 fully saturated rings. The van der Waals surface area contributed by atoms with E-state index in [1.165, 1.54) is 4.90 Å². The summed E-state index contributed by atoms with van der Waals surface area (Å²) in [6.45, 7) is 2.52. The highest BCUT2D eigenvalue weighted by Crippen LogP contribution is 2.23. The Labute approximate surface area is 151 Å². The number of nitrogens with zero attached hydrogens (tertiary/aromatic N) is 1. The van der Waals surface area contributed by atoms with Crippen LogP contribution in [0.15, 0.2) is 48.5 Å².